The van der Waals surface area contributed by atoms with Crippen LogP contribution in [0.5, 0.6) is 5.75 Å². The lowest BCUT2D eigenvalue weighted by Gasteiger charge is -2.19. The van der Waals surface area contributed by atoms with E-state index in [0.29, 0.717) is 5.75 Å². The first-order valence-electron chi connectivity index (χ1n) is 8.39. The molecule has 4 heteroatoms. The van der Waals surface area contributed by atoms with Gasteiger partial charge in [-0.3, -0.25) is 4.79 Å². The number of hydrogen-bond acceptors (Lipinski definition) is 3. The van der Waals surface area contributed by atoms with Gasteiger partial charge in [-0.25, -0.2) is 5.43 Å². The predicted octanol–water partition coefficient (Wildman–Crippen LogP) is 4.21. The number of hydrogen-bond donors (Lipinski definition) is 1. The molecule has 0 saturated carbocycles. The van der Waals surface area contributed by atoms with E-state index in [1.807, 2.05) is 50.2 Å². The van der Waals surface area contributed by atoms with Crippen LogP contribution in [0.25, 0.3) is 0 Å². The van der Waals surface area contributed by atoms with Gasteiger partial charge in [-0.05, 0) is 42.5 Å². The molecule has 0 spiro atoms. The smallest absolute Gasteiger partial charge is 0.277 e. The summed E-state index contributed by atoms with van der Waals surface area (Å²) in [6.07, 6.45) is 0. The molecular formula is C21H26N2O2. The summed E-state index contributed by atoms with van der Waals surface area (Å²) in [5, 5.41) is 4.15. The van der Waals surface area contributed by atoms with E-state index >= 15 is 0 Å². The average molecular weight is 338 g/mol. The van der Waals surface area contributed by atoms with E-state index in [4.69, 9.17) is 4.74 Å². The van der Waals surface area contributed by atoms with Crippen LogP contribution >= 0.6 is 0 Å². The molecule has 0 aromatic heterocycles. The van der Waals surface area contributed by atoms with E-state index in [9.17, 15) is 4.79 Å². The van der Waals surface area contributed by atoms with E-state index in [1.165, 1.54) is 5.56 Å². The average Bonchev–Trinajstić information content (AvgIpc) is 2.58. The summed E-state index contributed by atoms with van der Waals surface area (Å²) in [4.78, 5) is 11.9. The molecule has 132 valence electrons. The molecule has 0 atom stereocenters. The number of hydrazone groups is 1. The maximum absolute atomic E-state index is 11.9. The van der Waals surface area contributed by atoms with Crippen LogP contribution in [0.15, 0.2) is 53.6 Å². The SMILES string of the molecule is CC(=NNC(=O)COc1ccc(C)cc1)c1ccc(C(C)(C)C)cc1. The van der Waals surface area contributed by atoms with Gasteiger partial charge in [0.05, 0.1) is 5.71 Å². The zero-order valence-electron chi connectivity index (χ0n) is 15.6. The van der Waals surface area contributed by atoms with Crippen molar-refractivity contribution in [3.05, 3.63) is 65.2 Å². The first-order valence-corrected chi connectivity index (χ1v) is 8.39. The minimum Gasteiger partial charge on any atom is -0.484 e. The van der Waals surface area contributed by atoms with Gasteiger partial charge in [0.25, 0.3) is 5.91 Å². The zero-order valence-corrected chi connectivity index (χ0v) is 15.6. The Morgan fingerprint density at radius 2 is 1.64 bits per heavy atom. The molecular weight excluding hydrogens is 312 g/mol. The van der Waals surface area contributed by atoms with Crippen LogP contribution in [-0.4, -0.2) is 18.2 Å². The molecule has 0 unspecified atom stereocenters. The molecule has 25 heavy (non-hydrogen) atoms. The standard InChI is InChI=1S/C21H26N2O2/c1-15-6-12-19(13-7-15)25-14-20(24)23-22-16(2)17-8-10-18(11-9-17)21(3,4)5/h6-13H,14H2,1-5H3,(H,23,24). The van der Waals surface area contributed by atoms with E-state index in [2.05, 4.69) is 43.4 Å². The van der Waals surface area contributed by atoms with Crippen LogP contribution in [0.2, 0.25) is 0 Å². The summed E-state index contributed by atoms with van der Waals surface area (Å²) in [5.41, 5.74) is 6.79. The molecule has 0 saturated heterocycles. The maximum atomic E-state index is 11.9. The first kappa shape index (κ1) is 18.7. The Bertz CT molecular complexity index is 739. The molecule has 0 radical (unpaired) electrons. The monoisotopic (exact) mass is 338 g/mol. The minimum absolute atomic E-state index is 0.0667. The van der Waals surface area contributed by atoms with Crippen molar-refractivity contribution in [3.63, 3.8) is 0 Å². The summed E-state index contributed by atoms with van der Waals surface area (Å²) in [5.74, 6) is 0.380. The number of nitrogens with one attached hydrogen (secondary N) is 1. The summed E-state index contributed by atoms with van der Waals surface area (Å²) in [7, 11) is 0. The van der Waals surface area contributed by atoms with Gasteiger partial charge in [0.15, 0.2) is 6.61 Å². The molecule has 0 bridgehead atoms. The number of ether oxygens (including phenoxy) is 1. The highest BCUT2D eigenvalue weighted by Crippen LogP contribution is 2.22. The van der Waals surface area contributed by atoms with Crippen molar-refractivity contribution in [2.75, 3.05) is 6.61 Å². The summed E-state index contributed by atoms with van der Waals surface area (Å²) < 4.78 is 5.43. The Morgan fingerprint density at radius 1 is 1.04 bits per heavy atom. The van der Waals surface area contributed by atoms with Crippen molar-refractivity contribution < 1.29 is 9.53 Å². The van der Waals surface area contributed by atoms with Crippen molar-refractivity contribution in [2.24, 2.45) is 5.10 Å². The highest BCUT2D eigenvalue weighted by molar-refractivity contribution is 5.99. The Kier molecular flexibility index (Phi) is 5.97. The van der Waals surface area contributed by atoms with Crippen LogP contribution in [0.1, 0.15) is 44.4 Å². The number of benzene rings is 2. The van der Waals surface area contributed by atoms with Crippen molar-refractivity contribution >= 4 is 11.6 Å². The van der Waals surface area contributed by atoms with Gasteiger partial charge >= 0.3 is 0 Å². The molecule has 0 heterocycles. The van der Waals surface area contributed by atoms with Crippen LogP contribution in [0.4, 0.5) is 0 Å². The molecule has 0 aliphatic carbocycles. The third-order valence-electron chi connectivity index (χ3n) is 3.91. The van der Waals surface area contributed by atoms with Crippen LogP contribution < -0.4 is 10.2 Å². The number of rotatable bonds is 5. The Labute approximate surface area is 149 Å². The third-order valence-corrected chi connectivity index (χ3v) is 3.91. The van der Waals surface area contributed by atoms with Gasteiger partial charge in [0.1, 0.15) is 5.75 Å². The van der Waals surface area contributed by atoms with E-state index in [-0.39, 0.29) is 17.9 Å². The summed E-state index contributed by atoms with van der Waals surface area (Å²) in [6.45, 7) is 10.3. The minimum atomic E-state index is -0.286. The third kappa shape index (κ3) is 5.75. The van der Waals surface area contributed by atoms with Crippen LogP contribution in [0, 0.1) is 6.92 Å². The lowest BCUT2D eigenvalue weighted by atomic mass is 9.86. The van der Waals surface area contributed by atoms with Crippen molar-refractivity contribution in [1.82, 2.24) is 5.43 Å². The number of amides is 1. The number of nitrogens with zero attached hydrogens (tertiary/aromatic N) is 1. The largest absolute Gasteiger partial charge is 0.484 e. The number of carbonyl (C=O) groups excluding carboxylic acids is 1. The molecule has 1 amide bonds. The van der Waals surface area contributed by atoms with Crippen molar-refractivity contribution in [1.29, 1.82) is 0 Å². The van der Waals surface area contributed by atoms with E-state index in [0.717, 1.165) is 16.8 Å². The topological polar surface area (TPSA) is 50.7 Å². The maximum Gasteiger partial charge on any atom is 0.277 e. The normalized spacial score (nSPS) is 12.0. The van der Waals surface area contributed by atoms with Crippen LogP contribution in [0.3, 0.4) is 0 Å². The highest BCUT2D eigenvalue weighted by Gasteiger charge is 2.13. The lowest BCUT2D eigenvalue weighted by molar-refractivity contribution is -0.123. The Morgan fingerprint density at radius 3 is 2.20 bits per heavy atom. The van der Waals surface area contributed by atoms with Gasteiger partial charge in [-0.1, -0.05) is 62.7 Å². The van der Waals surface area contributed by atoms with Gasteiger partial charge in [-0.15, -0.1) is 0 Å². The van der Waals surface area contributed by atoms with Crippen LogP contribution in [-0.2, 0) is 10.2 Å². The predicted molar refractivity (Wildman–Crippen MR) is 102 cm³/mol. The molecule has 0 aliphatic rings. The van der Waals surface area contributed by atoms with Crippen molar-refractivity contribution in [2.45, 2.75) is 40.0 Å². The molecule has 0 aliphatic heterocycles. The molecule has 0 fully saturated rings. The quantitative estimate of drug-likeness (QED) is 0.656. The second-order valence-electron chi connectivity index (χ2n) is 7.16. The second kappa shape index (κ2) is 7.97. The van der Waals surface area contributed by atoms with E-state index in [1.54, 1.807) is 0 Å². The van der Waals surface area contributed by atoms with Gasteiger partial charge in [0.2, 0.25) is 0 Å². The number of aryl methyl sites for hydroxylation is 1. The number of carbonyl (C=O) groups is 1. The first-order chi connectivity index (χ1) is 11.8. The summed E-state index contributed by atoms with van der Waals surface area (Å²) >= 11 is 0. The van der Waals surface area contributed by atoms with E-state index < -0.39 is 0 Å². The zero-order chi connectivity index (χ0) is 18.4. The fourth-order valence-corrected chi connectivity index (χ4v) is 2.24. The summed E-state index contributed by atoms with van der Waals surface area (Å²) in [6, 6.07) is 15.8. The highest BCUT2D eigenvalue weighted by atomic mass is 16.5. The van der Waals surface area contributed by atoms with Gasteiger partial charge in [-0.2, -0.15) is 5.10 Å². The fraction of sp³-hybridized carbons (Fsp3) is 0.333. The Hall–Kier alpha value is -2.62. The molecule has 1 N–H and O–H groups in total. The van der Waals surface area contributed by atoms with Gasteiger partial charge < -0.3 is 4.74 Å². The van der Waals surface area contributed by atoms with Gasteiger partial charge in [0, 0.05) is 0 Å². The lowest BCUT2D eigenvalue weighted by Crippen LogP contribution is -2.25. The molecule has 4 nitrogen and oxygen atoms in total. The molecule has 2 aromatic carbocycles. The Balaban J connectivity index is 1.89. The van der Waals surface area contributed by atoms with Crippen molar-refractivity contribution in [3.8, 4) is 5.75 Å². The molecule has 2 rings (SSSR count). The second-order valence-corrected chi connectivity index (χ2v) is 7.16. The molecule has 2 aromatic rings. The fourth-order valence-electron chi connectivity index (χ4n) is 2.24.